The molecule has 23 heavy (non-hydrogen) atoms. The molecule has 1 aromatic heterocycles. The highest BCUT2D eigenvalue weighted by Crippen LogP contribution is 2.31. The topological polar surface area (TPSA) is 64.4 Å². The number of ether oxygens (including phenoxy) is 1. The summed E-state index contributed by atoms with van der Waals surface area (Å²) in [5.41, 5.74) is 2.11. The van der Waals surface area contributed by atoms with E-state index in [1.54, 1.807) is 24.3 Å². The van der Waals surface area contributed by atoms with Crippen LogP contribution in [0.5, 0.6) is 0 Å². The van der Waals surface area contributed by atoms with Crippen LogP contribution in [0.15, 0.2) is 59.1 Å². The number of nitrogens with zero attached hydrogens (tertiary/aromatic N) is 1. The first-order valence-corrected chi connectivity index (χ1v) is 7.23. The third-order valence-corrected chi connectivity index (χ3v) is 3.48. The summed E-state index contributed by atoms with van der Waals surface area (Å²) in [5.74, 6) is -0.303. The van der Waals surface area contributed by atoms with Crippen molar-refractivity contribution in [2.24, 2.45) is 0 Å². The number of aromatic nitrogens is 1. The fourth-order valence-corrected chi connectivity index (χ4v) is 2.25. The molecule has 1 N–H and O–H groups in total. The van der Waals surface area contributed by atoms with Crippen molar-refractivity contribution >= 4 is 29.1 Å². The van der Waals surface area contributed by atoms with E-state index in [0.717, 1.165) is 5.69 Å². The Morgan fingerprint density at radius 3 is 2.48 bits per heavy atom. The average Bonchev–Trinajstić information content (AvgIpc) is 2.99. The van der Waals surface area contributed by atoms with E-state index in [2.05, 4.69) is 10.5 Å². The second kappa shape index (κ2) is 6.54. The molecular formula is C17H13ClN2O3. The van der Waals surface area contributed by atoms with E-state index < -0.39 is 5.97 Å². The highest BCUT2D eigenvalue weighted by molar-refractivity contribution is 6.30. The first-order valence-electron chi connectivity index (χ1n) is 6.85. The SMILES string of the molecule is COC(=O)c1c(-c2ccc(Cl)cc2)noc1Nc1ccccc1. The zero-order valence-electron chi connectivity index (χ0n) is 12.2. The number of esters is 1. The average molecular weight is 329 g/mol. The summed E-state index contributed by atoms with van der Waals surface area (Å²) in [7, 11) is 1.31. The van der Waals surface area contributed by atoms with E-state index in [1.807, 2.05) is 30.3 Å². The summed E-state index contributed by atoms with van der Waals surface area (Å²) >= 11 is 5.89. The number of rotatable bonds is 4. The number of hydrogen-bond donors (Lipinski definition) is 1. The molecule has 6 heteroatoms. The molecule has 3 aromatic rings. The first-order chi connectivity index (χ1) is 11.2. The predicted molar refractivity (Wildman–Crippen MR) is 88.0 cm³/mol. The Labute approximate surface area is 137 Å². The Morgan fingerprint density at radius 1 is 1.13 bits per heavy atom. The van der Waals surface area contributed by atoms with Gasteiger partial charge in [0.15, 0.2) is 5.56 Å². The molecule has 0 unspecified atom stereocenters. The second-order valence-electron chi connectivity index (χ2n) is 4.72. The molecule has 0 spiro atoms. The zero-order valence-corrected chi connectivity index (χ0v) is 13.0. The summed E-state index contributed by atoms with van der Waals surface area (Å²) < 4.78 is 10.2. The second-order valence-corrected chi connectivity index (χ2v) is 5.16. The fourth-order valence-electron chi connectivity index (χ4n) is 2.12. The predicted octanol–water partition coefficient (Wildman–Crippen LogP) is 4.53. The van der Waals surface area contributed by atoms with Gasteiger partial charge in [-0.2, -0.15) is 0 Å². The van der Waals surface area contributed by atoms with Gasteiger partial charge in [-0.05, 0) is 24.3 Å². The van der Waals surface area contributed by atoms with Gasteiger partial charge in [0.05, 0.1) is 7.11 Å². The third kappa shape index (κ3) is 3.19. The molecule has 0 amide bonds. The van der Waals surface area contributed by atoms with Gasteiger partial charge in [-0.25, -0.2) is 4.79 Å². The molecule has 0 aliphatic rings. The Bertz CT molecular complexity index is 814. The van der Waals surface area contributed by atoms with Gasteiger partial charge in [0.1, 0.15) is 5.69 Å². The van der Waals surface area contributed by atoms with E-state index in [1.165, 1.54) is 7.11 Å². The van der Waals surface area contributed by atoms with Crippen molar-refractivity contribution in [3.05, 3.63) is 65.2 Å². The molecule has 0 bridgehead atoms. The summed E-state index contributed by atoms with van der Waals surface area (Å²) in [6, 6.07) is 16.3. The van der Waals surface area contributed by atoms with Crippen LogP contribution in [0, 0.1) is 0 Å². The van der Waals surface area contributed by atoms with E-state index >= 15 is 0 Å². The first kappa shape index (κ1) is 15.1. The van der Waals surface area contributed by atoms with Crippen molar-refractivity contribution in [3.8, 4) is 11.3 Å². The van der Waals surface area contributed by atoms with Gasteiger partial charge in [-0.3, -0.25) is 0 Å². The van der Waals surface area contributed by atoms with E-state index in [4.69, 9.17) is 20.9 Å². The largest absolute Gasteiger partial charge is 0.465 e. The molecule has 0 aliphatic carbocycles. The Hall–Kier alpha value is -2.79. The lowest BCUT2D eigenvalue weighted by molar-refractivity contribution is 0.0602. The van der Waals surface area contributed by atoms with Crippen LogP contribution in [0.2, 0.25) is 5.02 Å². The van der Waals surface area contributed by atoms with Crippen LogP contribution in [0.4, 0.5) is 11.6 Å². The van der Waals surface area contributed by atoms with Crippen LogP contribution in [0.25, 0.3) is 11.3 Å². The van der Waals surface area contributed by atoms with Gasteiger partial charge >= 0.3 is 5.97 Å². The van der Waals surface area contributed by atoms with Gasteiger partial charge < -0.3 is 14.6 Å². The normalized spacial score (nSPS) is 10.3. The molecule has 1 heterocycles. The molecule has 0 saturated carbocycles. The maximum absolute atomic E-state index is 12.2. The maximum atomic E-state index is 12.2. The van der Waals surface area contributed by atoms with Crippen molar-refractivity contribution in [2.75, 3.05) is 12.4 Å². The van der Waals surface area contributed by atoms with Gasteiger partial charge in [0, 0.05) is 16.3 Å². The molecule has 116 valence electrons. The lowest BCUT2D eigenvalue weighted by Crippen LogP contribution is -2.05. The summed E-state index contributed by atoms with van der Waals surface area (Å²) in [6.45, 7) is 0. The Morgan fingerprint density at radius 2 is 1.83 bits per heavy atom. The van der Waals surface area contributed by atoms with Crippen molar-refractivity contribution in [1.29, 1.82) is 0 Å². The minimum atomic E-state index is -0.533. The number of carbonyl (C=O) groups excluding carboxylic acids is 1. The molecule has 0 atom stereocenters. The third-order valence-electron chi connectivity index (χ3n) is 3.23. The van der Waals surface area contributed by atoms with Gasteiger partial charge in [-0.15, -0.1) is 0 Å². The number of carbonyl (C=O) groups is 1. The maximum Gasteiger partial charge on any atom is 0.345 e. The van der Waals surface area contributed by atoms with E-state index in [-0.39, 0.29) is 11.4 Å². The molecule has 5 nitrogen and oxygen atoms in total. The number of methoxy groups -OCH3 is 1. The molecule has 0 aliphatic heterocycles. The van der Waals surface area contributed by atoms with Gasteiger partial charge in [-0.1, -0.05) is 47.1 Å². The number of nitrogens with one attached hydrogen (secondary N) is 1. The molecule has 0 saturated heterocycles. The van der Waals surface area contributed by atoms with Crippen molar-refractivity contribution in [2.45, 2.75) is 0 Å². The Balaban J connectivity index is 2.04. The number of para-hydroxylation sites is 1. The lowest BCUT2D eigenvalue weighted by atomic mass is 10.1. The molecule has 0 fully saturated rings. The van der Waals surface area contributed by atoms with Crippen LogP contribution in [-0.2, 0) is 4.74 Å². The van der Waals surface area contributed by atoms with Crippen LogP contribution in [0.3, 0.4) is 0 Å². The molecule has 2 aromatic carbocycles. The Kier molecular flexibility index (Phi) is 4.30. The fraction of sp³-hybridized carbons (Fsp3) is 0.0588. The standard InChI is InChI=1S/C17H13ClN2O3/c1-22-17(21)14-15(11-7-9-12(18)10-8-11)20-23-16(14)19-13-5-3-2-4-6-13/h2-10,19H,1H3. The van der Waals surface area contributed by atoms with Crippen LogP contribution < -0.4 is 5.32 Å². The minimum absolute atomic E-state index is 0.230. The van der Waals surface area contributed by atoms with Crippen LogP contribution in [-0.4, -0.2) is 18.2 Å². The van der Waals surface area contributed by atoms with Crippen LogP contribution in [0.1, 0.15) is 10.4 Å². The number of anilines is 2. The summed E-state index contributed by atoms with van der Waals surface area (Å²) in [5, 5.41) is 7.63. The van der Waals surface area contributed by atoms with Gasteiger partial charge in [0.25, 0.3) is 0 Å². The zero-order chi connectivity index (χ0) is 16.2. The summed E-state index contributed by atoms with van der Waals surface area (Å²) in [6.07, 6.45) is 0. The van der Waals surface area contributed by atoms with Crippen LogP contribution >= 0.6 is 11.6 Å². The summed E-state index contributed by atoms with van der Waals surface area (Å²) in [4.78, 5) is 12.2. The minimum Gasteiger partial charge on any atom is -0.465 e. The van der Waals surface area contributed by atoms with Crippen molar-refractivity contribution in [1.82, 2.24) is 5.16 Å². The van der Waals surface area contributed by atoms with E-state index in [9.17, 15) is 4.79 Å². The smallest absolute Gasteiger partial charge is 0.345 e. The quantitative estimate of drug-likeness (QED) is 0.713. The monoisotopic (exact) mass is 328 g/mol. The number of benzene rings is 2. The highest BCUT2D eigenvalue weighted by atomic mass is 35.5. The molecule has 3 rings (SSSR count). The van der Waals surface area contributed by atoms with Gasteiger partial charge in [0.2, 0.25) is 5.88 Å². The van der Waals surface area contributed by atoms with Crippen molar-refractivity contribution in [3.63, 3.8) is 0 Å². The van der Waals surface area contributed by atoms with E-state index in [0.29, 0.717) is 16.3 Å². The number of hydrogen-bond acceptors (Lipinski definition) is 5. The highest BCUT2D eigenvalue weighted by Gasteiger charge is 2.25. The molecular weight excluding hydrogens is 316 g/mol. The lowest BCUT2D eigenvalue weighted by Gasteiger charge is -2.05. The molecule has 0 radical (unpaired) electrons. The van der Waals surface area contributed by atoms with Crippen molar-refractivity contribution < 1.29 is 14.1 Å². The number of halogens is 1.